The molecular formula is C24H40O12Ti. The number of carbonyl (C=O) groups is 8. The summed E-state index contributed by atoms with van der Waals surface area (Å²) in [5.41, 5.74) is 0. The van der Waals surface area contributed by atoms with Crippen LogP contribution in [0.15, 0.2) is 0 Å². The SMILES string of the molecule is CCOC(=O)CC(C)=O.CCOC(=O)CC(C)=O.CCOC(=O)CC(C)=O.CCOC(=O)CC(C)=O.[Ti]. The van der Waals surface area contributed by atoms with Gasteiger partial charge in [0.15, 0.2) is 0 Å². The average Bonchev–Trinajstić information content (AvgIpc) is 2.68. The standard InChI is InChI=1S/4C6H10O3.Ti/c4*1-3-9-6(8)4-5(2)7;/h4*3-4H2,1-2H3;. The number of esters is 4. The maximum Gasteiger partial charge on any atom is 0.313 e. The third kappa shape index (κ3) is 50.9. The van der Waals surface area contributed by atoms with Gasteiger partial charge < -0.3 is 18.9 Å². The van der Waals surface area contributed by atoms with E-state index in [1.54, 1.807) is 27.7 Å². The Kier molecular flexibility index (Phi) is 37.5. The van der Waals surface area contributed by atoms with E-state index in [2.05, 4.69) is 18.9 Å². The number of hydrogen-bond donors (Lipinski definition) is 0. The van der Waals surface area contributed by atoms with E-state index >= 15 is 0 Å². The molecule has 0 bridgehead atoms. The van der Waals surface area contributed by atoms with E-state index in [4.69, 9.17) is 0 Å². The van der Waals surface area contributed by atoms with Crippen LogP contribution >= 0.6 is 0 Å². The largest absolute Gasteiger partial charge is 0.466 e. The quantitative estimate of drug-likeness (QED) is 0.145. The minimum Gasteiger partial charge on any atom is -0.466 e. The molecule has 37 heavy (non-hydrogen) atoms. The van der Waals surface area contributed by atoms with E-state index in [9.17, 15) is 38.4 Å². The Morgan fingerprint density at radius 1 is 0.378 bits per heavy atom. The van der Waals surface area contributed by atoms with Gasteiger partial charge in [-0.1, -0.05) is 0 Å². The average molecular weight is 568 g/mol. The molecule has 13 heteroatoms. The summed E-state index contributed by atoms with van der Waals surface area (Å²) in [4.78, 5) is 82.6. The number of Topliss-reactive ketones (excluding diaryl/α,β-unsaturated/α-hetero) is 4. The van der Waals surface area contributed by atoms with Crippen molar-refractivity contribution in [3.63, 3.8) is 0 Å². The van der Waals surface area contributed by atoms with E-state index in [0.29, 0.717) is 26.4 Å². The molecule has 212 valence electrons. The topological polar surface area (TPSA) is 173 Å². The summed E-state index contributed by atoms with van der Waals surface area (Å²) >= 11 is 0. The van der Waals surface area contributed by atoms with Gasteiger partial charge in [-0.05, 0) is 55.4 Å². The van der Waals surface area contributed by atoms with Crippen molar-refractivity contribution in [2.75, 3.05) is 26.4 Å². The Labute approximate surface area is 233 Å². The zero-order valence-electron chi connectivity index (χ0n) is 23.1. The molecule has 12 nitrogen and oxygen atoms in total. The van der Waals surface area contributed by atoms with Gasteiger partial charge in [0.2, 0.25) is 0 Å². The van der Waals surface area contributed by atoms with Crippen LogP contribution in [0.4, 0.5) is 0 Å². The number of rotatable bonds is 12. The second-order valence-electron chi connectivity index (χ2n) is 6.74. The fourth-order valence-corrected chi connectivity index (χ4v) is 1.66. The maximum absolute atomic E-state index is 10.4. The van der Waals surface area contributed by atoms with Crippen LogP contribution < -0.4 is 0 Å². The molecule has 0 aromatic carbocycles. The molecule has 0 aliphatic carbocycles. The first-order valence-corrected chi connectivity index (χ1v) is 11.3. The third-order valence-electron chi connectivity index (χ3n) is 2.79. The molecule has 0 atom stereocenters. The minimum atomic E-state index is -0.440. The van der Waals surface area contributed by atoms with Crippen molar-refractivity contribution in [1.29, 1.82) is 0 Å². The summed E-state index contributed by atoms with van der Waals surface area (Å²) < 4.78 is 18.0. The summed E-state index contributed by atoms with van der Waals surface area (Å²) in [5.74, 6) is -2.39. The van der Waals surface area contributed by atoms with Crippen molar-refractivity contribution in [2.45, 2.75) is 81.1 Å². The Bertz CT molecular complexity index is 597. The molecule has 0 aromatic rings. The maximum atomic E-state index is 10.4. The van der Waals surface area contributed by atoms with Crippen molar-refractivity contribution >= 4 is 47.0 Å². The van der Waals surface area contributed by atoms with Gasteiger partial charge >= 0.3 is 23.9 Å². The molecule has 0 aliphatic rings. The molecule has 0 spiro atoms. The van der Waals surface area contributed by atoms with Crippen LogP contribution in [-0.4, -0.2) is 73.4 Å². The Hall–Kier alpha value is -2.73. The molecule has 0 unspecified atom stereocenters. The number of hydrogen-bond acceptors (Lipinski definition) is 12. The first-order valence-electron chi connectivity index (χ1n) is 11.3. The van der Waals surface area contributed by atoms with Gasteiger partial charge in [-0.15, -0.1) is 0 Å². The molecular weight excluding hydrogens is 528 g/mol. The minimum absolute atomic E-state index is 0. The Balaban J connectivity index is -0.000000122. The van der Waals surface area contributed by atoms with Gasteiger partial charge in [0.05, 0.1) is 26.4 Å². The van der Waals surface area contributed by atoms with Crippen molar-refractivity contribution in [1.82, 2.24) is 0 Å². The third-order valence-corrected chi connectivity index (χ3v) is 2.79. The number of carbonyl (C=O) groups excluding carboxylic acids is 8. The van der Waals surface area contributed by atoms with Crippen molar-refractivity contribution < 1.29 is 79.0 Å². The summed E-state index contributed by atoms with van der Waals surface area (Å²) in [6.07, 6.45) is -0.413. The van der Waals surface area contributed by atoms with E-state index in [1.165, 1.54) is 27.7 Å². The van der Waals surface area contributed by atoms with Gasteiger partial charge in [-0.2, -0.15) is 0 Å². The van der Waals surface area contributed by atoms with E-state index in [0.717, 1.165) is 0 Å². The molecule has 0 heterocycles. The fraction of sp³-hybridized carbons (Fsp3) is 0.667. The van der Waals surface area contributed by atoms with Crippen LogP contribution in [-0.2, 0) is 79.0 Å². The molecule has 0 aliphatic heterocycles. The fourth-order valence-electron chi connectivity index (χ4n) is 1.66. The van der Waals surface area contributed by atoms with Gasteiger partial charge in [0.25, 0.3) is 0 Å². The first kappa shape index (κ1) is 44.3. The van der Waals surface area contributed by atoms with Gasteiger partial charge in [-0.25, -0.2) is 0 Å². The van der Waals surface area contributed by atoms with E-state index in [-0.39, 0.29) is 70.5 Å². The van der Waals surface area contributed by atoms with Gasteiger partial charge in [0, 0.05) is 21.7 Å². The summed E-state index contributed by atoms with van der Waals surface area (Å²) in [5, 5.41) is 0. The van der Waals surface area contributed by atoms with Gasteiger partial charge in [-0.3, -0.25) is 38.4 Å². The van der Waals surface area contributed by atoms with Crippen LogP contribution in [0, 0.1) is 0 Å². The smallest absolute Gasteiger partial charge is 0.313 e. The molecule has 0 rings (SSSR count). The summed E-state index contributed by atoms with van der Waals surface area (Å²) in [6.45, 7) is 13.6. The Morgan fingerprint density at radius 2 is 0.514 bits per heavy atom. The number of ether oxygens (including phenoxy) is 4. The van der Waals surface area contributed by atoms with E-state index in [1.807, 2.05) is 0 Å². The molecule has 0 aromatic heterocycles. The van der Waals surface area contributed by atoms with Crippen molar-refractivity contribution in [3.05, 3.63) is 0 Å². The monoisotopic (exact) mass is 568 g/mol. The number of ketones is 4. The van der Waals surface area contributed by atoms with E-state index < -0.39 is 23.9 Å². The van der Waals surface area contributed by atoms with Gasteiger partial charge in [0.1, 0.15) is 48.8 Å². The predicted molar refractivity (Wildman–Crippen MR) is 128 cm³/mol. The molecule has 0 amide bonds. The predicted octanol–water partition coefficient (Wildman–Crippen LogP) is 2.11. The van der Waals surface area contributed by atoms with Crippen LogP contribution in [0.3, 0.4) is 0 Å². The second kappa shape index (κ2) is 31.3. The molecule has 0 radical (unpaired) electrons. The van der Waals surface area contributed by atoms with Crippen molar-refractivity contribution in [3.8, 4) is 0 Å². The van der Waals surface area contributed by atoms with Crippen LogP contribution in [0.1, 0.15) is 81.1 Å². The molecule has 0 N–H and O–H groups in total. The second-order valence-corrected chi connectivity index (χ2v) is 6.74. The van der Waals surface area contributed by atoms with Crippen molar-refractivity contribution in [2.24, 2.45) is 0 Å². The zero-order valence-corrected chi connectivity index (χ0v) is 24.6. The zero-order chi connectivity index (χ0) is 29.1. The molecule has 0 saturated heterocycles. The van der Waals surface area contributed by atoms with Crippen LogP contribution in [0.2, 0.25) is 0 Å². The van der Waals surface area contributed by atoms with Crippen LogP contribution in [0.25, 0.3) is 0 Å². The normalized spacial score (nSPS) is 8.43. The first-order chi connectivity index (χ1) is 16.7. The Morgan fingerprint density at radius 3 is 0.595 bits per heavy atom. The molecule has 0 saturated carbocycles. The van der Waals surface area contributed by atoms with Crippen LogP contribution in [0.5, 0.6) is 0 Å². The summed E-state index contributed by atoms with van der Waals surface area (Å²) in [6, 6.07) is 0. The molecule has 0 fully saturated rings. The summed E-state index contributed by atoms with van der Waals surface area (Å²) in [7, 11) is 0.